The van der Waals surface area contributed by atoms with Gasteiger partial charge in [0.25, 0.3) is 11.5 Å². The molecule has 3 aromatic rings. The molecule has 0 unspecified atom stereocenters. The van der Waals surface area contributed by atoms with E-state index in [-0.39, 0.29) is 17.7 Å². The van der Waals surface area contributed by atoms with Gasteiger partial charge >= 0.3 is 0 Å². The van der Waals surface area contributed by atoms with Crippen LogP contribution in [-0.4, -0.2) is 17.6 Å². The molecule has 0 aliphatic carbocycles. The number of ether oxygens (including phenoxy) is 1. The molecule has 8 heteroatoms. The number of hydrogen-bond donors (Lipinski definition) is 1. The smallest absolute Gasteiger partial charge is 0.257 e. The van der Waals surface area contributed by atoms with Crippen molar-refractivity contribution >= 4 is 11.6 Å². The highest BCUT2D eigenvalue weighted by Crippen LogP contribution is 2.20. The van der Waals surface area contributed by atoms with E-state index in [9.17, 15) is 22.8 Å². The Morgan fingerprint density at radius 3 is 2.61 bits per heavy atom. The van der Waals surface area contributed by atoms with E-state index < -0.39 is 29.0 Å². The third-order valence-electron chi connectivity index (χ3n) is 4.02. The van der Waals surface area contributed by atoms with Crippen molar-refractivity contribution in [3.8, 4) is 5.75 Å². The van der Waals surface area contributed by atoms with Gasteiger partial charge in [-0.05, 0) is 35.9 Å². The molecule has 1 aromatic heterocycles. The fourth-order valence-corrected chi connectivity index (χ4v) is 2.57. The van der Waals surface area contributed by atoms with Crippen LogP contribution in [0.15, 0.2) is 59.5 Å². The maximum atomic E-state index is 13.7. The largest absolute Gasteiger partial charge is 0.497 e. The van der Waals surface area contributed by atoms with Crippen LogP contribution < -0.4 is 15.6 Å². The fourth-order valence-electron chi connectivity index (χ4n) is 2.57. The van der Waals surface area contributed by atoms with Crippen molar-refractivity contribution in [1.82, 2.24) is 4.57 Å². The number of nitrogens with zero attached hydrogens (tertiary/aromatic N) is 1. The van der Waals surface area contributed by atoms with Crippen molar-refractivity contribution in [3.05, 3.63) is 93.7 Å². The van der Waals surface area contributed by atoms with Crippen LogP contribution in [-0.2, 0) is 6.54 Å². The maximum absolute atomic E-state index is 13.7. The molecule has 0 spiro atoms. The molecule has 0 bridgehead atoms. The van der Waals surface area contributed by atoms with Gasteiger partial charge in [-0.25, -0.2) is 13.2 Å². The predicted molar refractivity (Wildman–Crippen MR) is 97.1 cm³/mol. The van der Waals surface area contributed by atoms with Gasteiger partial charge in [0.05, 0.1) is 24.9 Å². The quantitative estimate of drug-likeness (QED) is 0.680. The summed E-state index contributed by atoms with van der Waals surface area (Å²) in [6.45, 7) is 0.177. The number of rotatable bonds is 5. The van der Waals surface area contributed by atoms with Crippen molar-refractivity contribution in [2.24, 2.45) is 0 Å². The maximum Gasteiger partial charge on any atom is 0.257 e. The highest BCUT2D eigenvalue weighted by atomic mass is 19.2. The van der Waals surface area contributed by atoms with Crippen LogP contribution in [0.3, 0.4) is 0 Å². The Morgan fingerprint density at radius 2 is 1.86 bits per heavy atom. The number of methoxy groups -OCH3 is 1. The summed E-state index contributed by atoms with van der Waals surface area (Å²) in [4.78, 5) is 24.4. The Bertz CT molecular complexity index is 1100. The Balaban J connectivity index is 1.85. The first-order valence-electron chi connectivity index (χ1n) is 8.17. The van der Waals surface area contributed by atoms with E-state index in [1.165, 1.54) is 30.0 Å². The van der Waals surface area contributed by atoms with Gasteiger partial charge in [-0.2, -0.15) is 0 Å². The molecule has 0 radical (unpaired) electrons. The SMILES string of the molecule is COc1cccc(Cn2cc(C(=O)Nc3ccc(F)c(F)c3F)ccc2=O)c1. The second kappa shape index (κ2) is 7.99. The minimum Gasteiger partial charge on any atom is -0.497 e. The summed E-state index contributed by atoms with van der Waals surface area (Å²) in [6, 6.07) is 11.1. The Hall–Kier alpha value is -3.55. The topological polar surface area (TPSA) is 60.3 Å². The monoisotopic (exact) mass is 388 g/mol. The summed E-state index contributed by atoms with van der Waals surface area (Å²) in [5.74, 6) is -4.70. The zero-order valence-electron chi connectivity index (χ0n) is 14.7. The third-order valence-corrected chi connectivity index (χ3v) is 4.02. The van der Waals surface area contributed by atoms with Crippen molar-refractivity contribution in [3.63, 3.8) is 0 Å². The number of anilines is 1. The number of benzene rings is 2. The highest BCUT2D eigenvalue weighted by Gasteiger charge is 2.16. The molecule has 5 nitrogen and oxygen atoms in total. The molecule has 1 heterocycles. The zero-order valence-corrected chi connectivity index (χ0v) is 14.7. The first kappa shape index (κ1) is 19.2. The molecule has 3 rings (SSSR count). The van der Waals surface area contributed by atoms with Crippen molar-refractivity contribution in [1.29, 1.82) is 0 Å². The minimum atomic E-state index is -1.68. The lowest BCUT2D eigenvalue weighted by Crippen LogP contribution is -2.23. The second-order valence-corrected chi connectivity index (χ2v) is 5.91. The number of carbonyl (C=O) groups excluding carboxylic acids is 1. The molecular formula is C20H15F3N2O3. The number of nitrogens with one attached hydrogen (secondary N) is 1. The average molecular weight is 388 g/mol. The Kier molecular flexibility index (Phi) is 5.49. The van der Waals surface area contributed by atoms with Crippen LogP contribution in [0.4, 0.5) is 18.9 Å². The number of hydrogen-bond acceptors (Lipinski definition) is 3. The van der Waals surface area contributed by atoms with Crippen LogP contribution in [0.1, 0.15) is 15.9 Å². The van der Waals surface area contributed by atoms with Gasteiger partial charge in [0.15, 0.2) is 17.5 Å². The van der Waals surface area contributed by atoms with Crippen LogP contribution in [0.5, 0.6) is 5.75 Å². The normalized spacial score (nSPS) is 10.6. The zero-order chi connectivity index (χ0) is 20.3. The molecule has 0 saturated carbocycles. The van der Waals surface area contributed by atoms with Crippen LogP contribution >= 0.6 is 0 Å². The van der Waals surface area contributed by atoms with Crippen LogP contribution in [0, 0.1) is 17.5 Å². The van der Waals surface area contributed by atoms with E-state index in [2.05, 4.69) is 5.32 Å². The van der Waals surface area contributed by atoms with Crippen molar-refractivity contribution < 1.29 is 22.7 Å². The predicted octanol–water partition coefficient (Wildman–Crippen LogP) is 3.57. The van der Waals surface area contributed by atoms with Gasteiger partial charge in [0.1, 0.15) is 5.75 Å². The molecule has 0 saturated heterocycles. The molecule has 0 aliphatic rings. The number of aromatic nitrogens is 1. The van der Waals surface area contributed by atoms with Gasteiger partial charge in [0, 0.05) is 12.3 Å². The number of halogens is 3. The van der Waals surface area contributed by atoms with E-state index in [0.29, 0.717) is 11.8 Å². The molecule has 0 aliphatic heterocycles. The van der Waals surface area contributed by atoms with E-state index >= 15 is 0 Å². The van der Waals surface area contributed by atoms with E-state index in [0.717, 1.165) is 11.6 Å². The number of carbonyl (C=O) groups is 1. The van der Waals surface area contributed by atoms with Gasteiger partial charge in [-0.3, -0.25) is 9.59 Å². The standard InChI is InChI=1S/C20H15F3N2O3/c1-28-14-4-2-3-12(9-14)10-25-11-13(5-8-17(25)26)20(27)24-16-7-6-15(21)18(22)19(16)23/h2-9,11H,10H2,1H3,(H,24,27). The molecule has 28 heavy (non-hydrogen) atoms. The van der Waals surface area contributed by atoms with E-state index in [4.69, 9.17) is 4.74 Å². The first-order chi connectivity index (χ1) is 13.4. The van der Waals surface area contributed by atoms with Crippen LogP contribution in [0.2, 0.25) is 0 Å². The minimum absolute atomic E-state index is 0.0478. The average Bonchev–Trinajstić information content (AvgIpc) is 2.70. The molecule has 1 amide bonds. The Morgan fingerprint density at radius 1 is 1.07 bits per heavy atom. The first-order valence-corrected chi connectivity index (χ1v) is 8.17. The molecule has 1 N–H and O–H groups in total. The molecule has 0 fully saturated rings. The van der Waals surface area contributed by atoms with Gasteiger partial charge in [-0.1, -0.05) is 12.1 Å². The molecule has 144 valence electrons. The van der Waals surface area contributed by atoms with Gasteiger partial charge < -0.3 is 14.6 Å². The molecule has 0 atom stereocenters. The highest BCUT2D eigenvalue weighted by molar-refractivity contribution is 6.04. The number of amides is 1. The van der Waals surface area contributed by atoms with Crippen LogP contribution in [0.25, 0.3) is 0 Å². The lowest BCUT2D eigenvalue weighted by Gasteiger charge is -2.11. The number of pyridine rings is 1. The summed E-state index contributed by atoms with van der Waals surface area (Å²) in [5.41, 5.74) is -0.0369. The van der Waals surface area contributed by atoms with Gasteiger partial charge in [-0.15, -0.1) is 0 Å². The third kappa shape index (κ3) is 4.06. The lowest BCUT2D eigenvalue weighted by molar-refractivity contribution is 0.102. The summed E-state index contributed by atoms with van der Waals surface area (Å²) < 4.78 is 46.5. The van der Waals surface area contributed by atoms with Crippen molar-refractivity contribution in [2.75, 3.05) is 12.4 Å². The second-order valence-electron chi connectivity index (χ2n) is 5.91. The van der Waals surface area contributed by atoms with E-state index in [1.807, 2.05) is 0 Å². The summed E-state index contributed by atoms with van der Waals surface area (Å²) >= 11 is 0. The molecule has 2 aromatic carbocycles. The van der Waals surface area contributed by atoms with Gasteiger partial charge in [0.2, 0.25) is 0 Å². The Labute approximate surface area is 158 Å². The van der Waals surface area contributed by atoms with Crippen molar-refractivity contribution in [2.45, 2.75) is 6.54 Å². The fraction of sp³-hybridized carbons (Fsp3) is 0.100. The lowest BCUT2D eigenvalue weighted by atomic mass is 10.2. The summed E-state index contributed by atoms with van der Waals surface area (Å²) in [6.07, 6.45) is 1.30. The summed E-state index contributed by atoms with van der Waals surface area (Å²) in [5, 5.41) is 2.17. The summed E-state index contributed by atoms with van der Waals surface area (Å²) in [7, 11) is 1.52. The van der Waals surface area contributed by atoms with E-state index in [1.54, 1.807) is 24.3 Å². The molecular weight excluding hydrogens is 373 g/mol.